The van der Waals surface area contributed by atoms with E-state index >= 15 is 0 Å². The van der Waals surface area contributed by atoms with E-state index in [2.05, 4.69) is 21.3 Å². The third-order valence-corrected chi connectivity index (χ3v) is 40.0. The Morgan fingerprint density at radius 3 is 0.722 bits per heavy atom. The van der Waals surface area contributed by atoms with Crippen LogP contribution in [0.15, 0.2) is 121 Å². The van der Waals surface area contributed by atoms with E-state index in [4.69, 9.17) is 39.9 Å². The molecule has 4 aromatic rings. The fourth-order valence-corrected chi connectivity index (χ4v) is 34.1. The Morgan fingerprint density at radius 1 is 0.285 bits per heavy atom. The molecule has 4 amide bonds. The number of amides is 4. The molecule has 18 saturated carbocycles. The number of rotatable bonds is 20. The standard InChI is InChI=1S/2C23H31NO4.2C21H29NO3.2C13H23NO.6CH4.2ClH/c2*1-2-27-21(25)18-9-6-12-23(14-18)19-11-10-17(13-19)20(23)24-22(26)28-15-16-7-4-3-5-8-16;2*23-13-16-7-4-10-21(12-16)18-9-8-17(11-18)19(21)22-20(24)25-14-15-5-2-1-3-6-15;2*14-12-10-3-4-11(6-10)13(12)5-1-2-9(7-13)8-15;;;;;;;;/h2*3-5,7-8,17-20H,2,6,9-15H2,1H3,(H,24,26);2*1-3,5-6,16-19,23H,4,7-14H2,(H,22,24);2*9-12,15H,1-8,14H2;6*1H4;2*1H/t17-,18+,19+,20-,23-;17-,18-,19+,20-,23-;16-,17+,18-,19+,21+;16-,17-,18+,19-,21-;9-,10+,11-,12+,13+;9-,10-,11+,12-,13-;;;;;;;;/m110101......../s1. The highest BCUT2D eigenvalue weighted by Gasteiger charge is 2.66. The van der Waals surface area contributed by atoms with E-state index in [1.165, 1.54) is 193 Å². The van der Waals surface area contributed by atoms with Crippen molar-refractivity contribution in [3.63, 3.8) is 0 Å². The minimum absolute atomic E-state index is 0. The molecule has 812 valence electrons. The highest BCUT2D eigenvalue weighted by molar-refractivity contribution is 5.85. The Hall–Kier alpha value is -6.76. The molecule has 22 nitrogen and oxygen atoms in total. The number of nitrogens with two attached hydrogens (primary N) is 2. The molecule has 22 rings (SSSR count). The van der Waals surface area contributed by atoms with Crippen LogP contribution in [-0.4, -0.2) is 133 Å². The Bertz CT molecular complexity index is 4270. The smallest absolute Gasteiger partial charge is 0.407 e. The zero-order valence-electron chi connectivity index (χ0n) is 82.8. The van der Waals surface area contributed by atoms with Crippen molar-refractivity contribution in [1.29, 1.82) is 0 Å². The quantitative estimate of drug-likeness (QED) is 0.0290. The van der Waals surface area contributed by atoms with Gasteiger partial charge in [-0.25, -0.2) is 19.2 Å². The molecule has 0 unspecified atom stereocenters. The molecule has 0 aromatic heterocycles. The summed E-state index contributed by atoms with van der Waals surface area (Å²) in [5.74, 6) is 9.96. The van der Waals surface area contributed by atoms with E-state index in [9.17, 15) is 49.2 Å². The maximum atomic E-state index is 12.6. The van der Waals surface area contributed by atoms with Crippen molar-refractivity contribution in [3.8, 4) is 0 Å². The van der Waals surface area contributed by atoms with Gasteiger partial charge in [-0.3, -0.25) is 9.59 Å². The number of halogens is 2. The highest BCUT2D eigenvalue weighted by Crippen LogP contribution is 2.69. The third-order valence-electron chi connectivity index (χ3n) is 40.0. The SMILES string of the molecule is C.C.C.C.C.C.CCOC(=O)[C@@H]1CCC[C@@]2(C1)[C@H]1CC[C@H](C1)[C@H]2NC(=O)OCc1ccccc1.CCOC(=O)[C@H]1CCC[C@@]2(C1)[C@H]1CC[C@H](C1)[C@H]2NC(=O)OCc1ccccc1.Cl.Cl.N[C@@H]1[C@@H]2CC[C@@H](C2)[C@]12CCC[C@@H](CO)C2.N[C@@H]1[C@@H]2CC[C@@H](C2)[C@]12CCC[C@H](CO)C2.O=C(N[C@@H]1[C@@H]2CC[C@@H](C2)[C@]12CCC[C@@H](CO)C2)OCc1ccccc1.O=C(N[C@@H]1[C@@H]2CC[C@@H](C2)[C@]12CCC[C@H](CO)C2)OCc1ccccc1. The van der Waals surface area contributed by atoms with Gasteiger partial charge in [0.1, 0.15) is 26.4 Å². The van der Waals surface area contributed by atoms with E-state index < -0.39 is 0 Å². The molecular formula is C120H192Cl2N6O16. The van der Waals surface area contributed by atoms with Gasteiger partial charge in [0.15, 0.2) is 0 Å². The zero-order chi connectivity index (χ0) is 94.6. The van der Waals surface area contributed by atoms with Crippen molar-refractivity contribution in [2.45, 2.75) is 391 Å². The number of esters is 2. The van der Waals surface area contributed by atoms with Crippen molar-refractivity contribution < 1.29 is 77.6 Å². The van der Waals surface area contributed by atoms with Crippen LogP contribution in [-0.2, 0) is 64.4 Å². The number of hydrogen-bond donors (Lipinski definition) is 10. The highest BCUT2D eigenvalue weighted by atomic mass is 35.5. The van der Waals surface area contributed by atoms with Gasteiger partial charge in [0.05, 0.1) is 25.0 Å². The minimum atomic E-state index is -0.334. The normalized spacial score (nSPS) is 37.0. The predicted molar refractivity (Wildman–Crippen MR) is 578 cm³/mol. The van der Waals surface area contributed by atoms with Crippen LogP contribution in [0.5, 0.6) is 0 Å². The van der Waals surface area contributed by atoms with Gasteiger partial charge in [0, 0.05) is 62.7 Å². The molecule has 12 bridgehead atoms. The molecule has 18 fully saturated rings. The average molecular weight is 2050 g/mol. The second-order valence-electron chi connectivity index (χ2n) is 46.5. The summed E-state index contributed by atoms with van der Waals surface area (Å²) in [5.41, 5.74) is 18.3. The molecule has 4 aromatic carbocycles. The summed E-state index contributed by atoms with van der Waals surface area (Å²) in [6.45, 7) is 7.12. The van der Waals surface area contributed by atoms with Crippen LogP contribution in [0, 0.1) is 139 Å². The van der Waals surface area contributed by atoms with Gasteiger partial charge in [-0.05, 0) is 394 Å². The molecule has 0 radical (unpaired) electrons. The zero-order valence-corrected chi connectivity index (χ0v) is 84.5. The second-order valence-corrected chi connectivity index (χ2v) is 46.5. The molecule has 30 atom stereocenters. The van der Waals surface area contributed by atoms with Crippen LogP contribution in [0.3, 0.4) is 0 Å². The van der Waals surface area contributed by atoms with Crippen molar-refractivity contribution in [1.82, 2.24) is 21.3 Å². The Balaban J connectivity index is 0.000000193. The van der Waals surface area contributed by atoms with Gasteiger partial charge in [0.25, 0.3) is 0 Å². The van der Waals surface area contributed by atoms with E-state index in [0.29, 0.717) is 134 Å². The van der Waals surface area contributed by atoms with Gasteiger partial charge < -0.3 is 81.6 Å². The first-order valence-electron chi connectivity index (χ1n) is 54.4. The van der Waals surface area contributed by atoms with E-state index in [1.54, 1.807) is 0 Å². The van der Waals surface area contributed by atoms with Crippen LogP contribution in [0.4, 0.5) is 19.2 Å². The van der Waals surface area contributed by atoms with Crippen molar-refractivity contribution in [2.75, 3.05) is 39.6 Å². The van der Waals surface area contributed by atoms with E-state index in [1.807, 2.05) is 135 Å². The average Bonchev–Trinajstić information content (AvgIpc) is 1.56. The lowest BCUT2D eigenvalue weighted by Gasteiger charge is -2.48. The molecule has 24 heteroatoms. The molecule has 0 aliphatic heterocycles. The summed E-state index contributed by atoms with van der Waals surface area (Å²) >= 11 is 0. The summed E-state index contributed by atoms with van der Waals surface area (Å²) in [5, 5.41) is 51.0. The van der Waals surface area contributed by atoms with Crippen molar-refractivity contribution in [3.05, 3.63) is 144 Å². The van der Waals surface area contributed by atoms with Gasteiger partial charge >= 0.3 is 36.3 Å². The largest absolute Gasteiger partial charge is 0.466 e. The molecule has 18 aliphatic rings. The minimum Gasteiger partial charge on any atom is -0.466 e. The van der Waals surface area contributed by atoms with Crippen LogP contribution in [0.2, 0.25) is 0 Å². The number of ether oxygens (including phenoxy) is 6. The lowest BCUT2D eigenvalue weighted by molar-refractivity contribution is -0.152. The molecule has 18 aliphatic carbocycles. The number of aliphatic hydroxyl groups excluding tert-OH is 4. The number of carbonyl (C=O) groups is 6. The summed E-state index contributed by atoms with van der Waals surface area (Å²) in [6, 6.07) is 40.7. The number of nitrogens with one attached hydrogen (secondary N) is 4. The van der Waals surface area contributed by atoms with Crippen molar-refractivity contribution >= 4 is 61.1 Å². The first-order valence-corrected chi connectivity index (χ1v) is 54.4. The molecule has 144 heavy (non-hydrogen) atoms. The van der Waals surface area contributed by atoms with Crippen LogP contribution >= 0.6 is 24.8 Å². The summed E-state index contributed by atoms with van der Waals surface area (Å²) in [7, 11) is 0. The van der Waals surface area contributed by atoms with Gasteiger partial charge in [-0.15, -0.1) is 24.8 Å². The van der Waals surface area contributed by atoms with E-state index in [-0.39, 0.29) is 190 Å². The first kappa shape index (κ1) is 121. The Labute approximate surface area is 879 Å². The van der Waals surface area contributed by atoms with Crippen LogP contribution in [0.1, 0.15) is 350 Å². The number of hydrogen-bond acceptors (Lipinski definition) is 18. The lowest BCUT2D eigenvalue weighted by atomic mass is 9.59. The first-order chi connectivity index (χ1) is 66.2. The van der Waals surface area contributed by atoms with E-state index in [0.717, 1.165) is 123 Å². The number of alkyl carbamates (subject to hydrolysis) is 4. The predicted octanol–water partition coefficient (Wildman–Crippen LogP) is 25.1. The Kier molecular flexibility index (Phi) is 46.0. The van der Waals surface area contributed by atoms with Gasteiger partial charge in [0.2, 0.25) is 0 Å². The Morgan fingerprint density at radius 2 is 0.493 bits per heavy atom. The molecule has 12 N–H and O–H groups in total. The molecule has 6 spiro atoms. The maximum Gasteiger partial charge on any atom is 0.407 e. The number of benzene rings is 4. The molecular weight excluding hydrogens is 1850 g/mol. The van der Waals surface area contributed by atoms with Crippen LogP contribution < -0.4 is 32.7 Å². The fourth-order valence-electron chi connectivity index (χ4n) is 34.1. The number of fused-ring (bicyclic) bond motifs is 18. The topological polar surface area (TPSA) is 339 Å². The second kappa shape index (κ2) is 54.8. The molecule has 0 saturated heterocycles. The fraction of sp³-hybridized carbons (Fsp3) is 0.750. The van der Waals surface area contributed by atoms with Gasteiger partial charge in [-0.2, -0.15) is 0 Å². The number of aliphatic hydroxyl groups is 4. The monoisotopic (exact) mass is 2040 g/mol. The summed E-state index contributed by atoms with van der Waals surface area (Å²) < 4.78 is 32.6. The summed E-state index contributed by atoms with van der Waals surface area (Å²) in [4.78, 5) is 74.8. The van der Waals surface area contributed by atoms with Crippen LogP contribution in [0.25, 0.3) is 0 Å². The lowest BCUT2D eigenvalue weighted by Crippen LogP contribution is -2.54. The maximum absolute atomic E-state index is 12.6. The van der Waals surface area contributed by atoms with Crippen molar-refractivity contribution in [2.24, 2.45) is 150 Å². The number of carbonyl (C=O) groups excluding carboxylic acids is 6. The van der Waals surface area contributed by atoms with Gasteiger partial charge in [-0.1, -0.05) is 204 Å². The molecule has 0 heterocycles. The summed E-state index contributed by atoms with van der Waals surface area (Å²) in [6.07, 6.45) is 48.7. The third kappa shape index (κ3) is 26.2.